The lowest BCUT2D eigenvalue weighted by Gasteiger charge is -2.31. The highest BCUT2D eigenvalue weighted by Gasteiger charge is 2.22. The van der Waals surface area contributed by atoms with Gasteiger partial charge in [-0.05, 0) is 13.8 Å². The van der Waals surface area contributed by atoms with Gasteiger partial charge in [-0.2, -0.15) is 0 Å². The van der Waals surface area contributed by atoms with Gasteiger partial charge >= 0.3 is 0 Å². The van der Waals surface area contributed by atoms with Crippen LogP contribution in [0, 0.1) is 6.92 Å². The molecule has 1 N–H and O–H groups in total. The van der Waals surface area contributed by atoms with Crippen molar-refractivity contribution in [3.05, 3.63) is 17.2 Å². The van der Waals surface area contributed by atoms with Crippen LogP contribution >= 0.6 is 0 Å². The maximum Gasteiger partial charge on any atom is 0.106 e. The number of nitrogens with one attached hydrogen (secondary N) is 1. The van der Waals surface area contributed by atoms with Crippen LogP contribution in [0.25, 0.3) is 0 Å². The molecule has 2 aliphatic rings. The Morgan fingerprint density at radius 1 is 1.37 bits per heavy atom. The third kappa shape index (κ3) is 2.68. The van der Waals surface area contributed by atoms with E-state index in [0.29, 0.717) is 6.04 Å². The Balaban J connectivity index is 1.75. The number of ether oxygens (including phenoxy) is 1. The molecular formula is C14H24N4O. The fourth-order valence-electron chi connectivity index (χ4n) is 3.29. The zero-order valence-corrected chi connectivity index (χ0v) is 12.0. The molecule has 5 heteroatoms. The molecule has 0 spiro atoms. The molecule has 1 atom stereocenters. The summed E-state index contributed by atoms with van der Waals surface area (Å²) in [5, 5.41) is 3.40. The molecule has 0 aromatic carbocycles. The smallest absolute Gasteiger partial charge is 0.106 e. The molecule has 0 aliphatic carbocycles. The van der Waals surface area contributed by atoms with Crippen molar-refractivity contribution in [2.24, 2.45) is 0 Å². The first-order valence-electron chi connectivity index (χ1n) is 7.33. The van der Waals surface area contributed by atoms with Gasteiger partial charge in [0, 0.05) is 50.9 Å². The van der Waals surface area contributed by atoms with E-state index in [9.17, 15) is 0 Å². The topological polar surface area (TPSA) is 42.3 Å². The first kappa shape index (κ1) is 13.1. The minimum Gasteiger partial charge on any atom is -0.379 e. The summed E-state index contributed by atoms with van der Waals surface area (Å²) in [5.41, 5.74) is 2.69. The van der Waals surface area contributed by atoms with Crippen LogP contribution < -0.4 is 5.32 Å². The Morgan fingerprint density at radius 2 is 2.16 bits per heavy atom. The van der Waals surface area contributed by atoms with Crippen LogP contribution in [0.1, 0.15) is 30.2 Å². The van der Waals surface area contributed by atoms with E-state index in [2.05, 4.69) is 28.6 Å². The third-order valence-electron chi connectivity index (χ3n) is 4.17. The van der Waals surface area contributed by atoms with E-state index in [1.807, 2.05) is 0 Å². The predicted octanol–water partition coefficient (Wildman–Crippen LogP) is 0.730. The van der Waals surface area contributed by atoms with Crippen molar-refractivity contribution in [1.29, 1.82) is 0 Å². The van der Waals surface area contributed by atoms with E-state index in [1.165, 1.54) is 11.4 Å². The molecule has 1 fully saturated rings. The van der Waals surface area contributed by atoms with Gasteiger partial charge in [0.1, 0.15) is 5.82 Å². The Bertz CT molecular complexity index is 437. The Kier molecular flexibility index (Phi) is 3.86. The molecule has 106 valence electrons. The molecular weight excluding hydrogens is 240 g/mol. The van der Waals surface area contributed by atoms with Gasteiger partial charge in [-0.25, -0.2) is 4.98 Å². The molecule has 1 aromatic rings. The van der Waals surface area contributed by atoms with E-state index >= 15 is 0 Å². The molecule has 3 heterocycles. The molecule has 0 amide bonds. The monoisotopic (exact) mass is 264 g/mol. The number of aryl methyl sites for hydroxylation is 1. The second-order valence-corrected chi connectivity index (χ2v) is 5.61. The second-order valence-electron chi connectivity index (χ2n) is 5.61. The van der Waals surface area contributed by atoms with E-state index < -0.39 is 0 Å². The third-order valence-corrected chi connectivity index (χ3v) is 4.17. The van der Waals surface area contributed by atoms with E-state index in [1.54, 1.807) is 0 Å². The van der Waals surface area contributed by atoms with Gasteiger partial charge in [0.25, 0.3) is 0 Å². The second kappa shape index (κ2) is 5.61. The highest BCUT2D eigenvalue weighted by molar-refractivity contribution is 5.20. The number of imidazole rings is 1. The van der Waals surface area contributed by atoms with Gasteiger partial charge in [0.2, 0.25) is 0 Å². The minimum absolute atomic E-state index is 0.493. The lowest BCUT2D eigenvalue weighted by atomic mass is 10.1. The van der Waals surface area contributed by atoms with Crippen LogP contribution in [0.15, 0.2) is 0 Å². The van der Waals surface area contributed by atoms with Gasteiger partial charge < -0.3 is 14.6 Å². The molecule has 1 unspecified atom stereocenters. The van der Waals surface area contributed by atoms with Crippen molar-refractivity contribution in [3.8, 4) is 0 Å². The number of nitrogens with zero attached hydrogens (tertiary/aromatic N) is 3. The van der Waals surface area contributed by atoms with E-state index in [4.69, 9.17) is 9.72 Å². The highest BCUT2D eigenvalue weighted by atomic mass is 16.5. The average Bonchev–Trinajstić information content (AvgIpc) is 2.75. The van der Waals surface area contributed by atoms with Crippen LogP contribution in [0.5, 0.6) is 0 Å². The molecule has 0 radical (unpaired) electrons. The van der Waals surface area contributed by atoms with Gasteiger partial charge in [0.15, 0.2) is 0 Å². The van der Waals surface area contributed by atoms with Crippen molar-refractivity contribution in [3.63, 3.8) is 0 Å². The molecule has 0 bridgehead atoms. The summed E-state index contributed by atoms with van der Waals surface area (Å²) in [6, 6.07) is 0.493. The SMILES string of the molecule is Cc1nc2c(n1C(C)CN1CCOCC1)CCNC2. The molecule has 3 rings (SSSR count). The summed E-state index contributed by atoms with van der Waals surface area (Å²) in [6.07, 6.45) is 1.10. The first-order valence-corrected chi connectivity index (χ1v) is 7.33. The Morgan fingerprint density at radius 3 is 2.95 bits per heavy atom. The summed E-state index contributed by atoms with van der Waals surface area (Å²) in [6.45, 7) is 11.4. The molecule has 19 heavy (non-hydrogen) atoms. The van der Waals surface area contributed by atoms with Crippen LogP contribution in [-0.2, 0) is 17.7 Å². The Labute approximate surface area is 114 Å². The Hall–Kier alpha value is -0.910. The predicted molar refractivity (Wildman–Crippen MR) is 74.3 cm³/mol. The summed E-state index contributed by atoms with van der Waals surface area (Å²) in [4.78, 5) is 7.22. The lowest BCUT2D eigenvalue weighted by Crippen LogP contribution is -2.39. The van der Waals surface area contributed by atoms with Crippen molar-refractivity contribution in [2.75, 3.05) is 39.4 Å². The maximum absolute atomic E-state index is 5.42. The molecule has 0 saturated carbocycles. The molecule has 2 aliphatic heterocycles. The van der Waals surface area contributed by atoms with Crippen LogP contribution in [0.2, 0.25) is 0 Å². The largest absolute Gasteiger partial charge is 0.379 e. The minimum atomic E-state index is 0.493. The van der Waals surface area contributed by atoms with Crippen molar-refractivity contribution >= 4 is 0 Å². The maximum atomic E-state index is 5.42. The fraction of sp³-hybridized carbons (Fsp3) is 0.786. The van der Waals surface area contributed by atoms with Crippen molar-refractivity contribution in [1.82, 2.24) is 19.8 Å². The van der Waals surface area contributed by atoms with Crippen LogP contribution in [0.3, 0.4) is 0 Å². The lowest BCUT2D eigenvalue weighted by molar-refractivity contribution is 0.0323. The quantitative estimate of drug-likeness (QED) is 0.874. The normalized spacial score (nSPS) is 22.2. The van der Waals surface area contributed by atoms with Crippen molar-refractivity contribution in [2.45, 2.75) is 32.9 Å². The van der Waals surface area contributed by atoms with Crippen molar-refractivity contribution < 1.29 is 4.74 Å². The average molecular weight is 264 g/mol. The molecule has 5 nitrogen and oxygen atoms in total. The number of fused-ring (bicyclic) bond motifs is 1. The van der Waals surface area contributed by atoms with Gasteiger partial charge in [0.05, 0.1) is 18.9 Å². The standard InChI is InChI=1S/C14H24N4O/c1-11(10-17-5-7-19-8-6-17)18-12(2)16-13-9-15-4-3-14(13)18/h11,15H,3-10H2,1-2H3. The first-order chi connectivity index (χ1) is 9.25. The zero-order valence-electron chi connectivity index (χ0n) is 12.0. The van der Waals surface area contributed by atoms with E-state index in [0.717, 1.165) is 58.2 Å². The number of aromatic nitrogens is 2. The number of morpholine rings is 1. The molecule has 1 aromatic heterocycles. The van der Waals surface area contributed by atoms with E-state index in [-0.39, 0.29) is 0 Å². The van der Waals surface area contributed by atoms with Crippen LogP contribution in [0.4, 0.5) is 0 Å². The number of rotatable bonds is 3. The fourth-order valence-corrected chi connectivity index (χ4v) is 3.29. The highest BCUT2D eigenvalue weighted by Crippen LogP contribution is 2.21. The van der Waals surface area contributed by atoms with Gasteiger partial charge in [-0.15, -0.1) is 0 Å². The molecule has 1 saturated heterocycles. The zero-order chi connectivity index (χ0) is 13.2. The summed E-state index contributed by atoms with van der Waals surface area (Å²) in [7, 11) is 0. The number of hydrogen-bond donors (Lipinski definition) is 1. The van der Waals surface area contributed by atoms with Gasteiger partial charge in [-0.1, -0.05) is 0 Å². The van der Waals surface area contributed by atoms with Crippen LogP contribution in [-0.4, -0.2) is 53.8 Å². The summed E-state index contributed by atoms with van der Waals surface area (Å²) < 4.78 is 7.87. The summed E-state index contributed by atoms with van der Waals surface area (Å²) in [5.74, 6) is 1.16. The number of hydrogen-bond acceptors (Lipinski definition) is 4. The summed E-state index contributed by atoms with van der Waals surface area (Å²) >= 11 is 0. The van der Waals surface area contributed by atoms with Gasteiger partial charge in [-0.3, -0.25) is 4.90 Å².